The van der Waals surface area contributed by atoms with Gasteiger partial charge >= 0.3 is 0 Å². The molecule has 5 rings (SSSR count). The van der Waals surface area contributed by atoms with Gasteiger partial charge in [-0.15, -0.1) is 0 Å². The van der Waals surface area contributed by atoms with Crippen LogP contribution in [0, 0.1) is 25.2 Å². The fraction of sp³-hybridized carbons (Fsp3) is 0.152. The molecular formula is C33H28ClN3O. The normalized spacial score (nSPS) is 11.8. The van der Waals surface area contributed by atoms with E-state index in [-0.39, 0.29) is 11.9 Å². The van der Waals surface area contributed by atoms with Gasteiger partial charge in [0.25, 0.3) is 5.91 Å². The summed E-state index contributed by atoms with van der Waals surface area (Å²) in [6, 6.07) is 31.5. The molecule has 38 heavy (non-hydrogen) atoms. The molecule has 0 aliphatic carbocycles. The van der Waals surface area contributed by atoms with Gasteiger partial charge in [0.15, 0.2) is 0 Å². The number of fused-ring (bicyclic) bond motifs is 1. The molecule has 188 valence electrons. The Morgan fingerprint density at radius 3 is 2.42 bits per heavy atom. The summed E-state index contributed by atoms with van der Waals surface area (Å²) in [5.74, 6) is -0.127. The minimum Gasteiger partial charge on any atom is -0.345 e. The van der Waals surface area contributed by atoms with Gasteiger partial charge in [-0.3, -0.25) is 4.79 Å². The van der Waals surface area contributed by atoms with Gasteiger partial charge in [0.2, 0.25) is 0 Å². The van der Waals surface area contributed by atoms with E-state index in [1.165, 1.54) is 11.3 Å². The molecule has 0 spiro atoms. The van der Waals surface area contributed by atoms with Crippen molar-refractivity contribution in [2.45, 2.75) is 33.4 Å². The van der Waals surface area contributed by atoms with Crippen LogP contribution < -0.4 is 5.32 Å². The molecule has 4 aromatic carbocycles. The second-order valence-corrected chi connectivity index (χ2v) is 10.0. The molecule has 0 radical (unpaired) electrons. The number of amides is 1. The van der Waals surface area contributed by atoms with E-state index in [9.17, 15) is 10.1 Å². The molecule has 0 aliphatic rings. The highest BCUT2D eigenvalue weighted by Crippen LogP contribution is 2.29. The lowest BCUT2D eigenvalue weighted by atomic mass is 9.99. The Balaban J connectivity index is 1.39. The molecule has 0 saturated heterocycles. The zero-order chi connectivity index (χ0) is 26.8. The van der Waals surface area contributed by atoms with Crippen molar-refractivity contribution < 1.29 is 4.79 Å². The SMILES string of the molecule is Cc1c(C)n(Cc2ccc(-c3ccccc3C#N)cc2)c2ccc(C(=O)NC(C)c3ccccc3Cl)cc12. The van der Waals surface area contributed by atoms with E-state index in [2.05, 4.69) is 54.1 Å². The van der Waals surface area contributed by atoms with E-state index in [1.54, 1.807) is 0 Å². The van der Waals surface area contributed by atoms with Crippen molar-refractivity contribution in [2.24, 2.45) is 0 Å². The van der Waals surface area contributed by atoms with E-state index >= 15 is 0 Å². The highest BCUT2D eigenvalue weighted by molar-refractivity contribution is 6.31. The first-order valence-electron chi connectivity index (χ1n) is 12.6. The summed E-state index contributed by atoms with van der Waals surface area (Å²) in [7, 11) is 0. The number of benzene rings is 4. The summed E-state index contributed by atoms with van der Waals surface area (Å²) in [5.41, 5.74) is 8.74. The fourth-order valence-electron chi connectivity index (χ4n) is 4.98. The first-order valence-corrected chi connectivity index (χ1v) is 13.0. The fourth-order valence-corrected chi connectivity index (χ4v) is 5.28. The third-order valence-corrected chi connectivity index (χ3v) is 7.62. The molecule has 5 aromatic rings. The van der Waals surface area contributed by atoms with Gasteiger partial charge in [-0.05, 0) is 78.9 Å². The van der Waals surface area contributed by atoms with Crippen molar-refractivity contribution in [3.8, 4) is 17.2 Å². The highest BCUT2D eigenvalue weighted by Gasteiger charge is 2.17. The minimum absolute atomic E-state index is 0.127. The Bertz CT molecular complexity index is 1690. The monoisotopic (exact) mass is 517 g/mol. The van der Waals surface area contributed by atoms with Crippen LogP contribution in [0.3, 0.4) is 0 Å². The lowest BCUT2D eigenvalue weighted by Crippen LogP contribution is -2.26. The van der Waals surface area contributed by atoms with E-state index in [0.29, 0.717) is 22.7 Å². The zero-order valence-electron chi connectivity index (χ0n) is 21.6. The standard InChI is InChI=1S/C33H28ClN3O/c1-21-23(3)37(20-24-12-14-25(15-13-24)29-10-5-4-8-27(29)19-35)32-17-16-26(18-30(21)32)33(38)36-22(2)28-9-6-7-11-31(28)34/h4-18,22H,20H2,1-3H3,(H,36,38). The first kappa shape index (κ1) is 25.3. The maximum Gasteiger partial charge on any atom is 0.251 e. The van der Waals surface area contributed by atoms with Crippen LogP contribution in [0.25, 0.3) is 22.0 Å². The van der Waals surface area contributed by atoms with E-state index < -0.39 is 0 Å². The highest BCUT2D eigenvalue weighted by atomic mass is 35.5. The molecule has 1 N–H and O–H groups in total. The topological polar surface area (TPSA) is 57.8 Å². The van der Waals surface area contributed by atoms with Crippen molar-refractivity contribution >= 4 is 28.4 Å². The average Bonchev–Trinajstić information content (AvgIpc) is 3.17. The lowest BCUT2D eigenvalue weighted by molar-refractivity contribution is 0.0940. The number of nitriles is 1. The number of aryl methyl sites for hydroxylation is 1. The Kier molecular flexibility index (Phi) is 7.05. The molecule has 1 atom stereocenters. The van der Waals surface area contributed by atoms with Crippen LogP contribution >= 0.6 is 11.6 Å². The second kappa shape index (κ2) is 10.6. The molecule has 1 unspecified atom stereocenters. The molecule has 0 saturated carbocycles. The number of nitrogens with one attached hydrogen (secondary N) is 1. The van der Waals surface area contributed by atoms with Gasteiger partial charge in [0, 0.05) is 33.7 Å². The number of halogens is 1. The van der Waals surface area contributed by atoms with Gasteiger partial charge in [0.1, 0.15) is 0 Å². The summed E-state index contributed by atoms with van der Waals surface area (Å²) >= 11 is 6.32. The molecule has 1 heterocycles. The van der Waals surface area contributed by atoms with Crippen molar-refractivity contribution in [1.82, 2.24) is 9.88 Å². The number of aromatic nitrogens is 1. The Hall–Kier alpha value is -4.33. The predicted octanol–water partition coefficient (Wildman–Crippen LogP) is 7.99. The Labute approximate surface area is 228 Å². The maximum atomic E-state index is 13.1. The van der Waals surface area contributed by atoms with Gasteiger partial charge in [-0.25, -0.2) is 0 Å². The summed E-state index contributed by atoms with van der Waals surface area (Å²) in [5, 5.41) is 14.2. The number of nitrogens with zero attached hydrogens (tertiary/aromatic N) is 2. The number of rotatable bonds is 6. The minimum atomic E-state index is -0.206. The largest absolute Gasteiger partial charge is 0.345 e. The van der Waals surface area contributed by atoms with E-state index in [0.717, 1.165) is 33.2 Å². The van der Waals surface area contributed by atoms with Crippen LogP contribution in [0.1, 0.15) is 51.3 Å². The van der Waals surface area contributed by atoms with Gasteiger partial charge in [-0.1, -0.05) is 72.3 Å². The zero-order valence-corrected chi connectivity index (χ0v) is 22.4. The Morgan fingerprint density at radius 2 is 1.68 bits per heavy atom. The molecule has 0 fully saturated rings. The van der Waals surface area contributed by atoms with Crippen LogP contribution in [0.5, 0.6) is 0 Å². The molecule has 5 heteroatoms. The molecular weight excluding hydrogens is 490 g/mol. The maximum absolute atomic E-state index is 13.1. The van der Waals surface area contributed by atoms with Crippen LogP contribution in [0.4, 0.5) is 0 Å². The lowest BCUT2D eigenvalue weighted by Gasteiger charge is -2.16. The summed E-state index contributed by atoms with van der Waals surface area (Å²) < 4.78 is 2.29. The summed E-state index contributed by atoms with van der Waals surface area (Å²) in [6.45, 7) is 6.87. The second-order valence-electron chi connectivity index (χ2n) is 9.60. The molecule has 0 aliphatic heterocycles. The Morgan fingerprint density at radius 1 is 0.974 bits per heavy atom. The van der Waals surface area contributed by atoms with Gasteiger partial charge in [0.05, 0.1) is 17.7 Å². The summed E-state index contributed by atoms with van der Waals surface area (Å²) in [6.07, 6.45) is 0. The van der Waals surface area contributed by atoms with Crippen molar-refractivity contribution in [1.29, 1.82) is 5.26 Å². The molecule has 4 nitrogen and oxygen atoms in total. The smallest absolute Gasteiger partial charge is 0.251 e. The molecule has 0 bridgehead atoms. The van der Waals surface area contributed by atoms with Crippen LogP contribution in [0.2, 0.25) is 5.02 Å². The van der Waals surface area contributed by atoms with Crippen molar-refractivity contribution in [2.75, 3.05) is 0 Å². The summed E-state index contributed by atoms with van der Waals surface area (Å²) in [4.78, 5) is 13.1. The quantitative estimate of drug-likeness (QED) is 0.248. The number of carbonyl (C=O) groups is 1. The van der Waals surface area contributed by atoms with Crippen LogP contribution in [0.15, 0.2) is 91.0 Å². The average molecular weight is 518 g/mol. The van der Waals surface area contributed by atoms with Gasteiger partial charge in [-0.2, -0.15) is 5.26 Å². The number of hydrogen-bond acceptors (Lipinski definition) is 2. The molecule has 1 aromatic heterocycles. The van der Waals surface area contributed by atoms with Gasteiger partial charge < -0.3 is 9.88 Å². The third kappa shape index (κ3) is 4.81. The van der Waals surface area contributed by atoms with E-state index in [1.807, 2.05) is 73.7 Å². The van der Waals surface area contributed by atoms with Crippen LogP contribution in [-0.2, 0) is 6.54 Å². The number of hydrogen-bond donors (Lipinski definition) is 1. The van der Waals surface area contributed by atoms with Crippen molar-refractivity contribution in [3.63, 3.8) is 0 Å². The van der Waals surface area contributed by atoms with E-state index in [4.69, 9.17) is 11.6 Å². The predicted molar refractivity (Wildman–Crippen MR) is 154 cm³/mol. The molecule has 1 amide bonds. The third-order valence-electron chi connectivity index (χ3n) is 7.27. The first-order chi connectivity index (χ1) is 18.4. The number of carbonyl (C=O) groups excluding carboxylic acids is 1. The van der Waals surface area contributed by atoms with Crippen molar-refractivity contribution in [3.05, 3.63) is 130 Å². The van der Waals surface area contributed by atoms with Crippen LogP contribution in [-0.4, -0.2) is 10.5 Å².